The molecular formula is C12H17NO. The first-order chi connectivity index (χ1) is 6.68. The lowest BCUT2D eigenvalue weighted by molar-refractivity contribution is 0.0585. The number of hydrogen-bond acceptors (Lipinski definition) is 2. The molecule has 1 aliphatic carbocycles. The molecule has 0 radical (unpaired) electrons. The first kappa shape index (κ1) is 9.66. The van der Waals surface area contributed by atoms with E-state index in [1.807, 2.05) is 26.0 Å². The molecule has 1 saturated carbocycles. The smallest absolute Gasteiger partial charge is 0.0987 e. The van der Waals surface area contributed by atoms with Crippen LogP contribution in [0.25, 0.3) is 0 Å². The molecule has 1 aromatic rings. The second-order valence-electron chi connectivity index (χ2n) is 4.27. The van der Waals surface area contributed by atoms with Crippen molar-refractivity contribution in [3.63, 3.8) is 0 Å². The van der Waals surface area contributed by atoms with Gasteiger partial charge in [-0.3, -0.25) is 4.98 Å². The topological polar surface area (TPSA) is 33.1 Å². The van der Waals surface area contributed by atoms with E-state index in [0.717, 1.165) is 24.2 Å². The molecule has 1 aliphatic rings. The average molecular weight is 191 g/mol. The third kappa shape index (κ3) is 1.67. The van der Waals surface area contributed by atoms with Gasteiger partial charge in [0.25, 0.3) is 0 Å². The van der Waals surface area contributed by atoms with E-state index in [0.29, 0.717) is 5.92 Å². The van der Waals surface area contributed by atoms with Gasteiger partial charge in [0.05, 0.1) is 11.8 Å². The lowest BCUT2D eigenvalue weighted by Crippen LogP contribution is -2.21. The number of aromatic nitrogens is 1. The molecule has 76 valence electrons. The minimum Gasteiger partial charge on any atom is -0.387 e. The molecule has 1 atom stereocenters. The van der Waals surface area contributed by atoms with Crippen LogP contribution >= 0.6 is 0 Å². The zero-order valence-corrected chi connectivity index (χ0v) is 8.83. The number of aliphatic hydroxyl groups excluding tert-OH is 1. The highest BCUT2D eigenvalue weighted by Gasteiger charge is 2.27. The van der Waals surface area contributed by atoms with E-state index >= 15 is 0 Å². The Bertz CT molecular complexity index is 331. The van der Waals surface area contributed by atoms with Gasteiger partial charge in [0.1, 0.15) is 0 Å². The molecular weight excluding hydrogens is 174 g/mol. The second-order valence-corrected chi connectivity index (χ2v) is 4.27. The fourth-order valence-electron chi connectivity index (χ4n) is 1.81. The number of aliphatic hydroxyl groups is 1. The molecule has 2 nitrogen and oxygen atoms in total. The first-order valence-electron chi connectivity index (χ1n) is 5.30. The second kappa shape index (κ2) is 3.70. The van der Waals surface area contributed by atoms with Gasteiger partial charge in [-0.05, 0) is 44.2 Å². The molecule has 1 heterocycles. The fraction of sp³-hybridized carbons (Fsp3) is 0.583. The van der Waals surface area contributed by atoms with Crippen LogP contribution in [0.5, 0.6) is 0 Å². The summed E-state index contributed by atoms with van der Waals surface area (Å²) in [5, 5.41) is 9.99. The summed E-state index contributed by atoms with van der Waals surface area (Å²) < 4.78 is 0. The summed E-state index contributed by atoms with van der Waals surface area (Å²) in [5.74, 6) is 0.449. The van der Waals surface area contributed by atoms with Gasteiger partial charge in [-0.1, -0.05) is 12.5 Å². The maximum absolute atomic E-state index is 9.99. The van der Waals surface area contributed by atoms with Gasteiger partial charge in [0, 0.05) is 5.69 Å². The highest BCUT2D eigenvalue weighted by Crippen LogP contribution is 2.36. The third-order valence-electron chi connectivity index (χ3n) is 3.27. The highest BCUT2D eigenvalue weighted by atomic mass is 16.3. The summed E-state index contributed by atoms with van der Waals surface area (Å²) in [7, 11) is 0. The van der Waals surface area contributed by atoms with Crippen molar-refractivity contribution in [1.29, 1.82) is 0 Å². The maximum Gasteiger partial charge on any atom is 0.0987 e. The van der Waals surface area contributed by atoms with Crippen LogP contribution < -0.4 is 0 Å². The summed E-state index contributed by atoms with van der Waals surface area (Å²) in [6.45, 7) is 4.04. The summed E-state index contributed by atoms with van der Waals surface area (Å²) in [6.07, 6.45) is 3.21. The zero-order chi connectivity index (χ0) is 10.1. The molecule has 0 spiro atoms. The molecule has 0 saturated heterocycles. The Morgan fingerprint density at radius 3 is 2.57 bits per heavy atom. The molecule has 0 amide bonds. The molecule has 1 aromatic heterocycles. The molecule has 1 fully saturated rings. The van der Waals surface area contributed by atoms with Crippen LogP contribution in [0.4, 0.5) is 0 Å². The van der Waals surface area contributed by atoms with Gasteiger partial charge >= 0.3 is 0 Å². The Morgan fingerprint density at radius 2 is 2.07 bits per heavy atom. The van der Waals surface area contributed by atoms with Crippen molar-refractivity contribution in [2.24, 2.45) is 5.92 Å². The molecule has 0 aromatic carbocycles. The molecule has 0 aliphatic heterocycles. The zero-order valence-electron chi connectivity index (χ0n) is 8.83. The number of hydrogen-bond donors (Lipinski definition) is 1. The largest absolute Gasteiger partial charge is 0.387 e. The molecule has 1 unspecified atom stereocenters. The number of aryl methyl sites for hydroxylation is 2. The van der Waals surface area contributed by atoms with E-state index in [9.17, 15) is 5.11 Å². The summed E-state index contributed by atoms with van der Waals surface area (Å²) in [6, 6.07) is 3.99. The lowest BCUT2D eigenvalue weighted by Gasteiger charge is -2.30. The maximum atomic E-state index is 9.99. The Hall–Kier alpha value is -0.890. The Balaban J connectivity index is 2.18. The van der Waals surface area contributed by atoms with Crippen molar-refractivity contribution in [2.45, 2.75) is 39.2 Å². The number of pyridine rings is 1. The van der Waals surface area contributed by atoms with Gasteiger partial charge < -0.3 is 5.11 Å². The van der Waals surface area contributed by atoms with Crippen molar-refractivity contribution < 1.29 is 5.11 Å². The summed E-state index contributed by atoms with van der Waals surface area (Å²) in [5.41, 5.74) is 3.06. The predicted octanol–water partition coefficient (Wildman–Crippen LogP) is 2.53. The van der Waals surface area contributed by atoms with Crippen LogP contribution in [0.1, 0.15) is 42.3 Å². The third-order valence-corrected chi connectivity index (χ3v) is 3.27. The van der Waals surface area contributed by atoms with E-state index in [-0.39, 0.29) is 6.10 Å². The SMILES string of the molecule is Cc1ccc(C(O)C2CCC2)nc1C. The van der Waals surface area contributed by atoms with Crippen LogP contribution in [0.15, 0.2) is 12.1 Å². The Kier molecular flexibility index (Phi) is 2.55. The number of rotatable bonds is 2. The van der Waals surface area contributed by atoms with Gasteiger partial charge in [-0.15, -0.1) is 0 Å². The molecule has 1 N–H and O–H groups in total. The van der Waals surface area contributed by atoms with Gasteiger partial charge in [0.15, 0.2) is 0 Å². The normalized spacial score (nSPS) is 19.1. The van der Waals surface area contributed by atoms with Gasteiger partial charge in [0.2, 0.25) is 0 Å². The van der Waals surface area contributed by atoms with E-state index < -0.39 is 0 Å². The average Bonchev–Trinajstić information content (AvgIpc) is 2.06. The molecule has 0 bridgehead atoms. The van der Waals surface area contributed by atoms with Crippen LogP contribution in [0.3, 0.4) is 0 Å². The van der Waals surface area contributed by atoms with Crippen molar-refractivity contribution >= 4 is 0 Å². The highest BCUT2D eigenvalue weighted by molar-refractivity contribution is 5.21. The fourth-order valence-corrected chi connectivity index (χ4v) is 1.81. The number of nitrogens with zero attached hydrogens (tertiary/aromatic N) is 1. The lowest BCUT2D eigenvalue weighted by atomic mass is 9.80. The quantitative estimate of drug-likeness (QED) is 0.779. The van der Waals surface area contributed by atoms with E-state index in [4.69, 9.17) is 0 Å². The van der Waals surface area contributed by atoms with Crippen LogP contribution in [0, 0.1) is 19.8 Å². The van der Waals surface area contributed by atoms with Crippen molar-refractivity contribution in [2.75, 3.05) is 0 Å². The first-order valence-corrected chi connectivity index (χ1v) is 5.30. The van der Waals surface area contributed by atoms with Crippen molar-refractivity contribution in [3.05, 3.63) is 29.1 Å². The van der Waals surface area contributed by atoms with Crippen molar-refractivity contribution in [3.8, 4) is 0 Å². The minimum absolute atomic E-state index is 0.344. The van der Waals surface area contributed by atoms with E-state index in [1.54, 1.807) is 0 Å². The van der Waals surface area contributed by atoms with Crippen LogP contribution in [-0.2, 0) is 0 Å². The molecule has 2 rings (SSSR count). The molecule has 14 heavy (non-hydrogen) atoms. The van der Waals surface area contributed by atoms with Gasteiger partial charge in [-0.25, -0.2) is 0 Å². The summed E-state index contributed by atoms with van der Waals surface area (Å²) in [4.78, 5) is 4.43. The Labute approximate surface area is 85.0 Å². The van der Waals surface area contributed by atoms with E-state index in [2.05, 4.69) is 4.98 Å². The standard InChI is InChI=1S/C12H17NO/c1-8-6-7-11(13-9(8)2)12(14)10-4-3-5-10/h6-7,10,12,14H,3-5H2,1-2H3. The molecule has 2 heteroatoms. The minimum atomic E-state index is -0.344. The monoisotopic (exact) mass is 191 g/mol. The Morgan fingerprint density at radius 1 is 1.36 bits per heavy atom. The predicted molar refractivity (Wildman–Crippen MR) is 56.0 cm³/mol. The van der Waals surface area contributed by atoms with E-state index in [1.165, 1.54) is 12.0 Å². The van der Waals surface area contributed by atoms with Crippen LogP contribution in [0.2, 0.25) is 0 Å². The van der Waals surface area contributed by atoms with Gasteiger partial charge in [-0.2, -0.15) is 0 Å². The van der Waals surface area contributed by atoms with Crippen molar-refractivity contribution in [1.82, 2.24) is 4.98 Å². The summed E-state index contributed by atoms with van der Waals surface area (Å²) >= 11 is 0. The van der Waals surface area contributed by atoms with Crippen LogP contribution in [-0.4, -0.2) is 10.1 Å².